The zero-order chi connectivity index (χ0) is 11.5. The van der Waals surface area contributed by atoms with E-state index in [1.165, 1.54) is 24.6 Å². The smallest absolute Gasteiger partial charge is 0.0158 e. The molecular weight excluding hydrogens is 204 g/mol. The summed E-state index contributed by atoms with van der Waals surface area (Å²) < 4.78 is 0. The monoisotopic (exact) mass is 230 g/mol. The standard InChI is InChI=1S/C12H26N2S/c1-10-8-15-7-6-14(10)9-12(3,4)11(2)13-5/h10-11,13H,6-9H2,1-5H3. The van der Waals surface area contributed by atoms with Crippen molar-refractivity contribution in [1.82, 2.24) is 10.2 Å². The lowest BCUT2D eigenvalue weighted by Gasteiger charge is -2.41. The average Bonchev–Trinajstić information content (AvgIpc) is 2.20. The number of nitrogens with one attached hydrogen (secondary N) is 1. The molecule has 1 aliphatic rings. The van der Waals surface area contributed by atoms with Crippen molar-refractivity contribution in [1.29, 1.82) is 0 Å². The maximum absolute atomic E-state index is 3.38. The van der Waals surface area contributed by atoms with Crippen LogP contribution in [0.2, 0.25) is 0 Å². The third-order valence-electron chi connectivity index (χ3n) is 3.72. The lowest BCUT2D eigenvalue weighted by Crippen LogP contribution is -2.50. The van der Waals surface area contributed by atoms with Crippen molar-refractivity contribution in [2.24, 2.45) is 5.41 Å². The number of rotatable bonds is 4. The van der Waals surface area contributed by atoms with E-state index in [4.69, 9.17) is 0 Å². The second-order valence-electron chi connectivity index (χ2n) is 5.39. The Labute approximate surface area is 99.2 Å². The number of hydrogen-bond acceptors (Lipinski definition) is 3. The SMILES string of the molecule is CNC(C)C(C)(C)CN1CCSCC1C. The topological polar surface area (TPSA) is 15.3 Å². The van der Waals surface area contributed by atoms with Crippen LogP contribution in [0.4, 0.5) is 0 Å². The van der Waals surface area contributed by atoms with Crippen molar-refractivity contribution in [3.63, 3.8) is 0 Å². The molecular formula is C12H26N2S. The van der Waals surface area contributed by atoms with Crippen LogP contribution >= 0.6 is 11.8 Å². The molecule has 0 radical (unpaired) electrons. The van der Waals surface area contributed by atoms with E-state index in [1.54, 1.807) is 0 Å². The van der Waals surface area contributed by atoms with Gasteiger partial charge < -0.3 is 5.32 Å². The predicted molar refractivity (Wildman–Crippen MR) is 70.7 cm³/mol. The minimum absolute atomic E-state index is 0.352. The number of thioether (sulfide) groups is 1. The Morgan fingerprint density at radius 3 is 2.73 bits per heavy atom. The van der Waals surface area contributed by atoms with E-state index < -0.39 is 0 Å². The fourth-order valence-corrected chi connectivity index (χ4v) is 3.13. The Balaban J connectivity index is 2.51. The molecule has 0 spiro atoms. The molecule has 2 atom stereocenters. The summed E-state index contributed by atoms with van der Waals surface area (Å²) in [5.74, 6) is 2.60. The molecule has 1 saturated heterocycles. The van der Waals surface area contributed by atoms with Gasteiger partial charge in [-0.25, -0.2) is 0 Å². The maximum atomic E-state index is 3.38. The third-order valence-corrected chi connectivity index (χ3v) is 4.91. The first-order valence-electron chi connectivity index (χ1n) is 5.96. The molecule has 1 heterocycles. The van der Waals surface area contributed by atoms with Gasteiger partial charge in [-0.15, -0.1) is 0 Å². The van der Waals surface area contributed by atoms with Gasteiger partial charge in [0.1, 0.15) is 0 Å². The van der Waals surface area contributed by atoms with Crippen LogP contribution in [0.5, 0.6) is 0 Å². The van der Waals surface area contributed by atoms with Crippen molar-refractivity contribution < 1.29 is 0 Å². The Morgan fingerprint density at radius 2 is 2.20 bits per heavy atom. The van der Waals surface area contributed by atoms with Crippen molar-refractivity contribution in [2.75, 3.05) is 31.6 Å². The highest BCUT2D eigenvalue weighted by Gasteiger charge is 2.30. The normalized spacial score (nSPS) is 26.6. The van der Waals surface area contributed by atoms with E-state index in [-0.39, 0.29) is 0 Å². The second-order valence-corrected chi connectivity index (χ2v) is 6.54. The first-order chi connectivity index (χ1) is 6.97. The first-order valence-corrected chi connectivity index (χ1v) is 7.12. The summed E-state index contributed by atoms with van der Waals surface area (Å²) in [5.41, 5.74) is 0.352. The summed E-state index contributed by atoms with van der Waals surface area (Å²) in [7, 11) is 2.06. The molecule has 1 fully saturated rings. The second kappa shape index (κ2) is 5.55. The molecule has 0 aliphatic carbocycles. The fraction of sp³-hybridized carbons (Fsp3) is 1.00. The molecule has 2 nitrogen and oxygen atoms in total. The van der Waals surface area contributed by atoms with Crippen LogP contribution in [-0.2, 0) is 0 Å². The van der Waals surface area contributed by atoms with E-state index >= 15 is 0 Å². The van der Waals surface area contributed by atoms with Gasteiger partial charge in [-0.1, -0.05) is 13.8 Å². The van der Waals surface area contributed by atoms with E-state index in [0.717, 1.165) is 6.04 Å². The van der Waals surface area contributed by atoms with Crippen molar-refractivity contribution in [2.45, 2.75) is 39.8 Å². The summed E-state index contributed by atoms with van der Waals surface area (Å²) in [6, 6.07) is 1.31. The Bertz CT molecular complexity index is 194. The molecule has 3 heteroatoms. The van der Waals surface area contributed by atoms with Crippen molar-refractivity contribution in [3.05, 3.63) is 0 Å². The molecule has 0 aromatic carbocycles. The van der Waals surface area contributed by atoms with Crippen LogP contribution in [0.1, 0.15) is 27.7 Å². The van der Waals surface area contributed by atoms with E-state index in [9.17, 15) is 0 Å². The Hall–Kier alpha value is 0.270. The van der Waals surface area contributed by atoms with Crippen LogP contribution in [0.3, 0.4) is 0 Å². The molecule has 2 unspecified atom stereocenters. The molecule has 0 aromatic rings. The molecule has 90 valence electrons. The third kappa shape index (κ3) is 3.65. The highest BCUT2D eigenvalue weighted by molar-refractivity contribution is 7.99. The molecule has 0 aromatic heterocycles. The number of nitrogens with zero attached hydrogens (tertiary/aromatic N) is 1. The van der Waals surface area contributed by atoms with Gasteiger partial charge in [0.2, 0.25) is 0 Å². The lowest BCUT2D eigenvalue weighted by atomic mass is 9.84. The zero-order valence-electron chi connectivity index (χ0n) is 10.8. The minimum Gasteiger partial charge on any atom is -0.317 e. The van der Waals surface area contributed by atoms with Crippen LogP contribution in [0.15, 0.2) is 0 Å². The van der Waals surface area contributed by atoms with Crippen LogP contribution < -0.4 is 5.32 Å². The first kappa shape index (κ1) is 13.3. The van der Waals surface area contributed by atoms with Gasteiger partial charge in [-0.3, -0.25) is 4.90 Å². The van der Waals surface area contributed by atoms with Crippen LogP contribution in [0.25, 0.3) is 0 Å². The van der Waals surface area contributed by atoms with Gasteiger partial charge >= 0.3 is 0 Å². The molecule has 15 heavy (non-hydrogen) atoms. The van der Waals surface area contributed by atoms with Crippen LogP contribution in [0, 0.1) is 5.41 Å². The van der Waals surface area contributed by atoms with Crippen molar-refractivity contribution in [3.8, 4) is 0 Å². The zero-order valence-corrected chi connectivity index (χ0v) is 11.7. The van der Waals surface area contributed by atoms with Gasteiger partial charge in [0.25, 0.3) is 0 Å². The highest BCUT2D eigenvalue weighted by atomic mass is 32.2. The maximum Gasteiger partial charge on any atom is 0.0158 e. The predicted octanol–water partition coefficient (Wildman–Crippen LogP) is 2.06. The molecule has 1 aliphatic heterocycles. The quantitative estimate of drug-likeness (QED) is 0.796. The molecule has 1 N–H and O–H groups in total. The summed E-state index contributed by atoms with van der Waals surface area (Å²) in [4.78, 5) is 2.64. The van der Waals surface area contributed by atoms with Gasteiger partial charge in [0.15, 0.2) is 0 Å². The molecule has 0 amide bonds. The summed E-state index contributed by atoms with van der Waals surface area (Å²) in [5, 5.41) is 3.38. The Morgan fingerprint density at radius 1 is 1.53 bits per heavy atom. The van der Waals surface area contributed by atoms with Gasteiger partial charge in [0, 0.05) is 36.7 Å². The molecule has 0 bridgehead atoms. The lowest BCUT2D eigenvalue weighted by molar-refractivity contribution is 0.125. The summed E-state index contributed by atoms with van der Waals surface area (Å²) >= 11 is 2.09. The summed E-state index contributed by atoms with van der Waals surface area (Å²) in [6.45, 7) is 11.8. The van der Waals surface area contributed by atoms with Gasteiger partial charge in [0.05, 0.1) is 0 Å². The molecule has 1 rings (SSSR count). The Kier molecular flexibility index (Phi) is 4.94. The van der Waals surface area contributed by atoms with E-state index in [1.807, 2.05) is 0 Å². The van der Waals surface area contributed by atoms with Gasteiger partial charge in [-0.05, 0) is 26.3 Å². The largest absolute Gasteiger partial charge is 0.317 e. The number of hydrogen-bond donors (Lipinski definition) is 1. The van der Waals surface area contributed by atoms with Crippen molar-refractivity contribution >= 4 is 11.8 Å². The fourth-order valence-electron chi connectivity index (χ4n) is 2.05. The minimum atomic E-state index is 0.352. The highest BCUT2D eigenvalue weighted by Crippen LogP contribution is 2.25. The molecule has 0 saturated carbocycles. The van der Waals surface area contributed by atoms with E-state index in [0.29, 0.717) is 11.5 Å². The van der Waals surface area contributed by atoms with Crippen LogP contribution in [-0.4, -0.2) is 48.6 Å². The average molecular weight is 230 g/mol. The van der Waals surface area contributed by atoms with E-state index in [2.05, 4.69) is 56.7 Å². The summed E-state index contributed by atoms with van der Waals surface area (Å²) in [6.07, 6.45) is 0. The van der Waals surface area contributed by atoms with Gasteiger partial charge in [-0.2, -0.15) is 11.8 Å².